The first-order valence-corrected chi connectivity index (χ1v) is 37.7. The molecule has 7 aromatic heterocycles. The summed E-state index contributed by atoms with van der Waals surface area (Å²) in [6.07, 6.45) is 16.6. The molecule has 19 nitrogen and oxygen atoms in total. The molecular weight excluding hydrogens is 1250 g/mol. The zero-order chi connectivity index (χ0) is 76.7. The van der Waals surface area contributed by atoms with Crippen LogP contribution in [-0.2, 0) is 11.9 Å². The van der Waals surface area contributed by atoms with Crippen LogP contribution in [0.4, 0.5) is 0 Å². The molecule has 100 heavy (non-hydrogen) atoms. The van der Waals surface area contributed by atoms with Gasteiger partial charge in [0.15, 0.2) is 5.89 Å². The van der Waals surface area contributed by atoms with E-state index in [4.69, 9.17) is 18.2 Å². The average Bonchev–Trinajstić information content (AvgIpc) is 1.69. The first-order chi connectivity index (χ1) is 46.4. The molecule has 9 rings (SSSR count). The Kier molecular flexibility index (Phi) is 41.3. The van der Waals surface area contributed by atoms with E-state index in [0.29, 0.717) is 113 Å². The lowest BCUT2D eigenvalue weighted by Gasteiger charge is -2.11. The Morgan fingerprint density at radius 1 is 0.470 bits per heavy atom. The molecule has 0 saturated carbocycles. The molecule has 566 valence electrons. The molecule has 1 unspecified atom stereocenters. The van der Waals surface area contributed by atoms with Crippen LogP contribution in [0.3, 0.4) is 0 Å². The highest BCUT2D eigenvalue weighted by atomic mass is 16.6. The van der Waals surface area contributed by atoms with Gasteiger partial charge < -0.3 is 27.3 Å². The van der Waals surface area contributed by atoms with Crippen LogP contribution in [0.15, 0.2) is 84.8 Å². The van der Waals surface area contributed by atoms with Crippen molar-refractivity contribution in [1.29, 1.82) is 0 Å². The Hall–Kier alpha value is -6.79. The number of oxime groups is 1. The summed E-state index contributed by atoms with van der Waals surface area (Å²) in [5.41, 5.74) is 9.60. The fourth-order valence-electron chi connectivity index (χ4n) is 8.88. The van der Waals surface area contributed by atoms with E-state index >= 15 is 0 Å². The number of aliphatic imine (C=N–C) groups is 1. The number of hydrogen-bond donors (Lipinski definition) is 0. The number of rotatable bonds is 18. The second kappa shape index (κ2) is 45.2. The van der Waals surface area contributed by atoms with Crippen LogP contribution in [0.1, 0.15) is 409 Å². The van der Waals surface area contributed by atoms with Gasteiger partial charge in [-0.3, -0.25) is 14.4 Å². The first kappa shape index (κ1) is 91.2. The maximum absolute atomic E-state index is 5.38. The molecule has 19 heteroatoms. The van der Waals surface area contributed by atoms with Crippen molar-refractivity contribution in [3.8, 4) is 0 Å². The molecule has 0 saturated heterocycles. The van der Waals surface area contributed by atoms with Crippen molar-refractivity contribution in [2.75, 3.05) is 0 Å². The van der Waals surface area contributed by atoms with Crippen LogP contribution < -0.4 is 0 Å². The standard InChI is InChI=1S/C10H17N.C9H17N3.3C9H16N2.C9H15NO.C9H17NO.C9H15NO.C8H14N2O/c1-7(2)9-5-6-10(11-9)8(3)4;1-6(2)8-10-11-9(7(3)4)12(8)5;1-7(2)9-5-11(6-10-9)8(3)4;1-7(2)9-5-10-11(6-9)8(3)4;1-7(2)9-5-6-11(10-9)8(3)4;1-6(2)8-5-11-9(10-8)7(3)4;2*1-6(2)8-5-9(7(3)4)11-10-8;1-5(2)7-9-10-8(11-7)6(3)4/h5,7-8H,6H2,1-4H3;6-7H,1-5H3;3*5-8H,1-4H3;5-7H,1-4H3;6-7,9H,5H2,1-4H3;5-7H,1-4H3;5-6H,1-4H3. The van der Waals surface area contributed by atoms with Gasteiger partial charge in [0.2, 0.25) is 11.8 Å². The van der Waals surface area contributed by atoms with Gasteiger partial charge in [-0.25, -0.2) is 9.97 Å². The molecule has 0 aliphatic carbocycles. The van der Waals surface area contributed by atoms with E-state index < -0.39 is 0 Å². The molecule has 7 aromatic rings. The lowest BCUT2D eigenvalue weighted by atomic mass is 9.97. The van der Waals surface area contributed by atoms with Crippen molar-refractivity contribution in [1.82, 2.24) is 64.2 Å². The minimum atomic E-state index is 0.326. The van der Waals surface area contributed by atoms with E-state index in [0.717, 1.165) is 59.3 Å². The highest BCUT2D eigenvalue weighted by molar-refractivity contribution is 5.90. The molecule has 0 fully saturated rings. The van der Waals surface area contributed by atoms with Gasteiger partial charge in [0.25, 0.3) is 0 Å². The monoisotopic (exact) mass is 1390 g/mol. The van der Waals surface area contributed by atoms with Crippen LogP contribution in [0.2, 0.25) is 0 Å². The van der Waals surface area contributed by atoms with E-state index in [2.05, 4.69) is 311 Å². The van der Waals surface area contributed by atoms with Gasteiger partial charge in [0, 0.05) is 110 Å². The summed E-state index contributed by atoms with van der Waals surface area (Å²) in [7, 11) is 2.03. The van der Waals surface area contributed by atoms with Crippen molar-refractivity contribution < 1.29 is 18.2 Å². The van der Waals surface area contributed by atoms with Crippen molar-refractivity contribution in [2.24, 2.45) is 40.9 Å². The lowest BCUT2D eigenvalue weighted by molar-refractivity contribution is 0.0521. The van der Waals surface area contributed by atoms with Crippen molar-refractivity contribution >= 4 is 11.4 Å². The third kappa shape index (κ3) is 32.9. The summed E-state index contributed by atoms with van der Waals surface area (Å²) < 4.78 is 24.0. The number of hydrogen-bond acceptors (Lipinski definition) is 15. The van der Waals surface area contributed by atoms with E-state index in [1.807, 2.05) is 68.9 Å². The van der Waals surface area contributed by atoms with Crippen molar-refractivity contribution in [3.05, 3.63) is 125 Å². The zero-order valence-electron chi connectivity index (χ0n) is 69.9. The molecule has 0 aromatic carbocycles. The largest absolute Gasteiger partial charge is 0.448 e. The van der Waals surface area contributed by atoms with Gasteiger partial charge in [-0.15, -0.1) is 20.4 Å². The van der Waals surface area contributed by atoms with Gasteiger partial charge in [0.05, 0.1) is 41.0 Å². The minimum Gasteiger partial charge on any atom is -0.448 e. The zero-order valence-corrected chi connectivity index (χ0v) is 69.9. The second-order valence-electron chi connectivity index (χ2n) is 32.0. The fraction of sp³-hybridized carbons (Fsp3) is 0.716. The average molecular weight is 1390 g/mol. The number of oxazole rings is 1. The van der Waals surface area contributed by atoms with Crippen LogP contribution in [0.25, 0.3) is 0 Å². The smallest absolute Gasteiger partial charge is 0.219 e. The van der Waals surface area contributed by atoms with E-state index in [-0.39, 0.29) is 0 Å². The predicted molar refractivity (Wildman–Crippen MR) is 418 cm³/mol. The topological polar surface area (TPSA) is 209 Å². The van der Waals surface area contributed by atoms with Gasteiger partial charge in [-0.1, -0.05) is 224 Å². The Balaban J connectivity index is 0.000000563. The van der Waals surface area contributed by atoms with Gasteiger partial charge >= 0.3 is 0 Å². The number of allylic oxidation sites excluding steroid dienone is 2. The molecular formula is C81H143N15O4. The van der Waals surface area contributed by atoms with Crippen molar-refractivity contribution in [2.45, 2.75) is 351 Å². The Morgan fingerprint density at radius 3 is 1.23 bits per heavy atom. The van der Waals surface area contributed by atoms with Crippen molar-refractivity contribution in [3.63, 3.8) is 0 Å². The first-order valence-electron chi connectivity index (χ1n) is 37.7. The van der Waals surface area contributed by atoms with E-state index in [1.165, 1.54) is 34.1 Å². The van der Waals surface area contributed by atoms with Gasteiger partial charge in [-0.2, -0.15) is 10.2 Å². The fourth-order valence-corrected chi connectivity index (χ4v) is 8.88. The Labute approximate surface area is 607 Å². The van der Waals surface area contributed by atoms with Crippen LogP contribution >= 0.6 is 0 Å². The third-order valence-electron chi connectivity index (χ3n) is 16.3. The second-order valence-corrected chi connectivity index (χ2v) is 32.0. The highest BCUT2D eigenvalue weighted by Gasteiger charge is 2.25. The molecule has 0 amide bonds. The van der Waals surface area contributed by atoms with Crippen LogP contribution in [0, 0.1) is 23.7 Å². The lowest BCUT2D eigenvalue weighted by Crippen LogP contribution is -2.16. The number of aromatic nitrogens is 13. The summed E-state index contributed by atoms with van der Waals surface area (Å²) in [6.45, 7) is 76.8. The summed E-state index contributed by atoms with van der Waals surface area (Å²) in [6, 6.07) is 5.60. The SMILES string of the molecule is CC(C)C1=CCC(C(C)C)=N1.CC(C)C1=NOC(C(C)C)C1.CC(C)c1cc(C(C)C)on1.CC(C)c1ccn(C(C)C)n1.CC(C)c1cn(C(C)C)cn1.CC(C)c1cnn(C(C)C)c1.CC(C)c1coc(C(C)C)n1.CC(C)c1nnc(C(C)C)n1C.CC(C)c1nnc(C(C)C)o1. The van der Waals surface area contributed by atoms with Gasteiger partial charge in [-0.05, 0) is 106 Å². The quantitative estimate of drug-likeness (QED) is 0.0784. The number of nitrogens with zero attached hydrogens (tertiary/aromatic N) is 15. The summed E-state index contributed by atoms with van der Waals surface area (Å²) in [5, 5.41) is 32.8. The third-order valence-corrected chi connectivity index (χ3v) is 16.3. The normalized spacial score (nSPS) is 13.6. The summed E-state index contributed by atoms with van der Waals surface area (Å²) >= 11 is 0. The van der Waals surface area contributed by atoms with Crippen LogP contribution in [0.5, 0.6) is 0 Å². The van der Waals surface area contributed by atoms with E-state index in [9.17, 15) is 0 Å². The molecule has 0 radical (unpaired) electrons. The molecule has 0 spiro atoms. The van der Waals surface area contributed by atoms with Crippen LogP contribution in [-0.4, -0.2) is 81.7 Å². The maximum Gasteiger partial charge on any atom is 0.219 e. The predicted octanol–water partition coefficient (Wildman–Crippen LogP) is 23.5. The van der Waals surface area contributed by atoms with Gasteiger partial charge in [0.1, 0.15) is 29.8 Å². The summed E-state index contributed by atoms with van der Waals surface area (Å²) in [4.78, 5) is 18.5. The Bertz CT molecular complexity index is 2820. The maximum atomic E-state index is 5.38. The minimum absolute atomic E-state index is 0.326. The highest BCUT2D eigenvalue weighted by Crippen LogP contribution is 2.26. The van der Waals surface area contributed by atoms with E-state index in [1.54, 1.807) is 6.26 Å². The Morgan fingerprint density at radius 2 is 0.980 bits per heavy atom. The molecule has 0 N–H and O–H groups in total. The molecule has 2 aliphatic heterocycles. The molecule has 2 aliphatic rings. The molecule has 9 heterocycles. The number of imidazole rings is 1. The summed E-state index contributed by atoms with van der Waals surface area (Å²) in [5.74, 6) is 12.7. The molecule has 0 bridgehead atoms. The molecule has 1 atom stereocenters.